The number of hydrogen-bond donors (Lipinski definition) is 1. The second-order valence-electron chi connectivity index (χ2n) is 8.26. The normalized spacial score (nSPS) is 16.4. The van der Waals surface area contributed by atoms with Crippen LogP contribution in [0.15, 0.2) is 52.1 Å². The molecule has 2 aliphatic heterocycles. The number of nitrogens with zero attached hydrogens (tertiary/aromatic N) is 3. The van der Waals surface area contributed by atoms with E-state index in [2.05, 4.69) is 16.2 Å². The fourth-order valence-corrected chi connectivity index (χ4v) is 5.24. The fraction of sp³-hybridized carbons (Fsp3) is 0.280. The van der Waals surface area contributed by atoms with Crippen LogP contribution in [0.3, 0.4) is 0 Å². The molecular weight excluding hydrogens is 516 g/mol. The molecule has 2 aromatic carbocycles. The summed E-state index contributed by atoms with van der Waals surface area (Å²) >= 11 is 0.740. The van der Waals surface area contributed by atoms with E-state index in [4.69, 9.17) is 19.6 Å². The Labute approximate surface area is 219 Å². The molecule has 0 aliphatic carbocycles. The van der Waals surface area contributed by atoms with Crippen LogP contribution in [0.5, 0.6) is 17.2 Å². The molecule has 194 valence electrons. The summed E-state index contributed by atoms with van der Waals surface area (Å²) < 4.78 is 40.9. The number of carbonyl (C=O) groups excluding carboxylic acids is 1. The summed E-state index contributed by atoms with van der Waals surface area (Å²) in [6.07, 6.45) is 2.49. The zero-order valence-corrected chi connectivity index (χ0v) is 22.4. The molecule has 0 bridgehead atoms. The van der Waals surface area contributed by atoms with E-state index in [1.165, 1.54) is 11.6 Å². The highest BCUT2D eigenvalue weighted by molar-refractivity contribution is 8.42. The molecule has 1 N–H and O–H groups in total. The van der Waals surface area contributed by atoms with Crippen molar-refractivity contribution in [2.24, 2.45) is 10.1 Å². The molecule has 2 heterocycles. The van der Waals surface area contributed by atoms with Crippen molar-refractivity contribution in [1.29, 1.82) is 5.41 Å². The predicted molar refractivity (Wildman–Crippen MR) is 144 cm³/mol. The Hall–Kier alpha value is -3.64. The van der Waals surface area contributed by atoms with Crippen LogP contribution in [-0.4, -0.2) is 60.8 Å². The number of hydrogen-bond acceptors (Lipinski definition) is 9. The van der Waals surface area contributed by atoms with Gasteiger partial charge in [0, 0.05) is 6.26 Å². The number of amides is 1. The first-order chi connectivity index (χ1) is 17.6. The van der Waals surface area contributed by atoms with Crippen LogP contribution in [0, 0.1) is 19.3 Å². The van der Waals surface area contributed by atoms with Crippen molar-refractivity contribution in [3.63, 3.8) is 0 Å². The molecule has 10 nitrogen and oxygen atoms in total. The SMILES string of the molecule is CCOc1cc(/C=C2\C(=N)N3N=C(S(C)(=O)=O)SC3=NC2=O)ccc1OCCOc1ccc(C)cc1C. The van der Waals surface area contributed by atoms with Crippen LogP contribution < -0.4 is 14.2 Å². The van der Waals surface area contributed by atoms with Crippen LogP contribution in [0.2, 0.25) is 0 Å². The van der Waals surface area contributed by atoms with Gasteiger partial charge in [0.05, 0.1) is 12.2 Å². The van der Waals surface area contributed by atoms with Gasteiger partial charge in [0.2, 0.25) is 19.4 Å². The number of aliphatic imine (C=N–C) groups is 1. The largest absolute Gasteiger partial charge is 0.490 e. The minimum atomic E-state index is -3.60. The van der Waals surface area contributed by atoms with E-state index >= 15 is 0 Å². The van der Waals surface area contributed by atoms with Gasteiger partial charge in [0.15, 0.2) is 17.3 Å². The molecule has 12 heteroatoms. The summed E-state index contributed by atoms with van der Waals surface area (Å²) in [5, 5.41) is 13.4. The number of ether oxygens (including phenoxy) is 3. The zero-order chi connectivity index (χ0) is 26.7. The van der Waals surface area contributed by atoms with E-state index in [1.54, 1.807) is 18.2 Å². The molecule has 2 aromatic rings. The van der Waals surface area contributed by atoms with Crippen molar-refractivity contribution in [2.45, 2.75) is 20.8 Å². The molecule has 0 saturated carbocycles. The average Bonchev–Trinajstić information content (AvgIpc) is 3.27. The highest BCUT2D eigenvalue weighted by Gasteiger charge is 2.38. The van der Waals surface area contributed by atoms with E-state index < -0.39 is 15.7 Å². The first-order valence-corrected chi connectivity index (χ1v) is 14.1. The highest BCUT2D eigenvalue weighted by atomic mass is 32.3. The van der Waals surface area contributed by atoms with Crippen LogP contribution in [0.25, 0.3) is 6.08 Å². The van der Waals surface area contributed by atoms with Gasteiger partial charge >= 0.3 is 0 Å². The van der Waals surface area contributed by atoms with Crippen LogP contribution in [0.4, 0.5) is 0 Å². The van der Waals surface area contributed by atoms with Crippen LogP contribution >= 0.6 is 11.8 Å². The minimum Gasteiger partial charge on any atom is -0.490 e. The van der Waals surface area contributed by atoms with E-state index in [-0.39, 0.29) is 21.0 Å². The Morgan fingerprint density at radius 3 is 2.41 bits per heavy atom. The average molecular weight is 543 g/mol. The number of thioether (sulfide) groups is 1. The molecule has 4 rings (SSSR count). The standard InChI is InChI=1S/C25H26N4O6S2/c1-5-33-21-14-17(7-9-20(21)35-11-10-34-19-8-6-15(2)12-16(19)3)13-18-22(26)29-24(27-23(18)30)36-25(28-29)37(4,31)32/h6-9,12-14,26H,5,10-11H2,1-4H3/b18-13+,26-22?. The minimum absolute atomic E-state index is 0.0270. The number of amidine groups is 2. The van der Waals surface area contributed by atoms with Crippen molar-refractivity contribution in [3.05, 3.63) is 58.7 Å². The number of nitrogens with one attached hydrogen (secondary N) is 1. The third-order valence-electron chi connectivity index (χ3n) is 5.26. The van der Waals surface area contributed by atoms with Gasteiger partial charge in [-0.25, -0.2) is 8.42 Å². The third kappa shape index (κ3) is 6.03. The first-order valence-electron chi connectivity index (χ1n) is 11.4. The molecule has 0 atom stereocenters. The summed E-state index contributed by atoms with van der Waals surface area (Å²) in [4.78, 5) is 16.5. The molecule has 2 aliphatic rings. The van der Waals surface area contributed by atoms with E-state index in [9.17, 15) is 13.2 Å². The van der Waals surface area contributed by atoms with Crippen molar-refractivity contribution < 1.29 is 27.4 Å². The summed E-state index contributed by atoms with van der Waals surface area (Å²) in [6, 6.07) is 11.1. The van der Waals surface area contributed by atoms with E-state index in [1.807, 2.05) is 32.9 Å². The maximum Gasteiger partial charge on any atom is 0.283 e. The third-order valence-corrected chi connectivity index (χ3v) is 7.84. The first kappa shape index (κ1) is 26.4. The van der Waals surface area contributed by atoms with Gasteiger partial charge in [-0.1, -0.05) is 23.8 Å². The zero-order valence-electron chi connectivity index (χ0n) is 20.8. The topological polar surface area (TPSA) is 131 Å². The van der Waals surface area contributed by atoms with Gasteiger partial charge in [0.25, 0.3) is 5.91 Å². The van der Waals surface area contributed by atoms with Gasteiger partial charge in [0.1, 0.15) is 19.0 Å². The molecule has 0 unspecified atom stereocenters. The predicted octanol–water partition coefficient (Wildman–Crippen LogP) is 3.78. The van der Waals surface area contributed by atoms with Crippen LogP contribution in [0.1, 0.15) is 23.6 Å². The van der Waals surface area contributed by atoms with Crippen molar-refractivity contribution in [1.82, 2.24) is 5.01 Å². The van der Waals surface area contributed by atoms with E-state index in [0.29, 0.717) is 36.9 Å². The van der Waals surface area contributed by atoms with Gasteiger partial charge in [-0.3, -0.25) is 10.2 Å². The molecule has 0 aromatic heterocycles. The van der Waals surface area contributed by atoms with Crippen molar-refractivity contribution >= 4 is 49.0 Å². The summed E-state index contributed by atoms with van der Waals surface area (Å²) in [7, 11) is -3.60. The Balaban J connectivity index is 1.48. The van der Waals surface area contributed by atoms with Crippen molar-refractivity contribution in [2.75, 3.05) is 26.1 Å². The van der Waals surface area contributed by atoms with Gasteiger partial charge in [-0.05, 0) is 67.9 Å². The number of sulfone groups is 1. The van der Waals surface area contributed by atoms with E-state index in [0.717, 1.165) is 34.3 Å². The number of benzene rings is 2. The lowest BCUT2D eigenvalue weighted by Gasteiger charge is -2.20. The molecule has 0 radical (unpaired) electrons. The lowest BCUT2D eigenvalue weighted by atomic mass is 10.1. The number of hydrazone groups is 1. The lowest BCUT2D eigenvalue weighted by molar-refractivity contribution is -0.114. The monoisotopic (exact) mass is 542 g/mol. The smallest absolute Gasteiger partial charge is 0.283 e. The Bertz CT molecular complexity index is 1460. The quantitative estimate of drug-likeness (QED) is 0.394. The molecule has 0 spiro atoms. The summed E-state index contributed by atoms with van der Waals surface area (Å²) in [5.41, 5.74) is 2.77. The maximum absolute atomic E-state index is 12.6. The molecule has 0 saturated heterocycles. The lowest BCUT2D eigenvalue weighted by Crippen LogP contribution is -2.35. The van der Waals surface area contributed by atoms with Gasteiger partial charge < -0.3 is 14.2 Å². The summed E-state index contributed by atoms with van der Waals surface area (Å²) in [6.45, 7) is 6.90. The summed E-state index contributed by atoms with van der Waals surface area (Å²) in [5.74, 6) is 0.864. The number of aryl methyl sites for hydroxylation is 2. The number of rotatable bonds is 8. The molecule has 0 fully saturated rings. The number of fused-ring (bicyclic) bond motifs is 1. The Morgan fingerprint density at radius 2 is 1.73 bits per heavy atom. The molecule has 37 heavy (non-hydrogen) atoms. The van der Waals surface area contributed by atoms with Gasteiger partial charge in [-0.15, -0.1) is 5.10 Å². The molecule has 1 amide bonds. The maximum atomic E-state index is 12.6. The van der Waals surface area contributed by atoms with Crippen molar-refractivity contribution in [3.8, 4) is 17.2 Å². The molecular formula is C25H26N4O6S2. The highest BCUT2D eigenvalue weighted by Crippen LogP contribution is 2.32. The van der Waals surface area contributed by atoms with Crippen LogP contribution in [-0.2, 0) is 14.6 Å². The second kappa shape index (κ2) is 10.8. The Morgan fingerprint density at radius 1 is 1.03 bits per heavy atom. The number of carbonyl (C=O) groups is 1. The van der Waals surface area contributed by atoms with Gasteiger partial charge in [-0.2, -0.15) is 10.0 Å². The second-order valence-corrected chi connectivity index (χ2v) is 11.4. The fourth-order valence-electron chi connectivity index (χ4n) is 3.56. The Kier molecular flexibility index (Phi) is 7.69.